The van der Waals surface area contributed by atoms with Crippen LogP contribution in [0.1, 0.15) is 142 Å². The molecule has 0 aromatic rings. The molecule has 1 saturated heterocycles. The highest BCUT2D eigenvalue weighted by atomic mass is 16.5. The van der Waals surface area contributed by atoms with Crippen LogP contribution in [0.5, 0.6) is 0 Å². The van der Waals surface area contributed by atoms with E-state index in [0.29, 0.717) is 0 Å². The zero-order valence-corrected chi connectivity index (χ0v) is 23.5. The SMILES string of the molecule is CCCCCCCC/C=C\CCCCCCCCOC1CN(C)C[C@H]1OCCCCCCCC. The molecule has 1 unspecified atom stereocenters. The summed E-state index contributed by atoms with van der Waals surface area (Å²) in [5.74, 6) is 0. The van der Waals surface area contributed by atoms with Crippen LogP contribution in [-0.2, 0) is 9.47 Å². The third-order valence-corrected chi connectivity index (χ3v) is 7.22. The van der Waals surface area contributed by atoms with Crippen LogP contribution in [0.4, 0.5) is 0 Å². The first-order valence-corrected chi connectivity index (χ1v) is 15.3. The van der Waals surface area contributed by atoms with Crippen LogP contribution in [0.3, 0.4) is 0 Å². The van der Waals surface area contributed by atoms with Crippen molar-refractivity contribution in [2.24, 2.45) is 0 Å². The summed E-state index contributed by atoms with van der Waals surface area (Å²) in [6.45, 7) is 8.41. The number of likely N-dealkylation sites (N-methyl/N-ethyl adjacent to an activating group) is 1. The number of unbranched alkanes of at least 4 members (excludes halogenated alkanes) is 17. The third-order valence-electron chi connectivity index (χ3n) is 7.22. The molecule has 1 aliphatic rings. The molecule has 0 radical (unpaired) electrons. The highest BCUT2D eigenvalue weighted by Crippen LogP contribution is 2.17. The van der Waals surface area contributed by atoms with Gasteiger partial charge in [0.2, 0.25) is 0 Å². The van der Waals surface area contributed by atoms with Gasteiger partial charge in [0, 0.05) is 26.3 Å². The van der Waals surface area contributed by atoms with E-state index in [2.05, 4.69) is 37.9 Å². The van der Waals surface area contributed by atoms with Crippen molar-refractivity contribution in [1.29, 1.82) is 0 Å². The van der Waals surface area contributed by atoms with E-state index in [1.807, 2.05) is 0 Å². The predicted molar refractivity (Wildman–Crippen MR) is 150 cm³/mol. The minimum atomic E-state index is 0.271. The molecule has 3 heteroatoms. The highest BCUT2D eigenvalue weighted by molar-refractivity contribution is 4.84. The largest absolute Gasteiger partial charge is 0.374 e. The Labute approximate surface area is 214 Å². The molecule has 1 aliphatic heterocycles. The number of likely N-dealkylation sites (tertiary alicyclic amines) is 1. The molecule has 0 saturated carbocycles. The van der Waals surface area contributed by atoms with Crippen LogP contribution in [0.2, 0.25) is 0 Å². The standard InChI is InChI=1S/C31H61NO2/c1-4-6-8-10-12-13-14-15-16-17-18-19-20-21-23-25-27-34-31-29-32(3)28-30(31)33-26-24-22-11-9-7-5-2/h15-16,30-31H,4-14,17-29H2,1-3H3/b16-15-/t30-,31?/m1/s1. The Balaban J connectivity index is 1.89. The molecule has 1 fully saturated rings. The lowest BCUT2D eigenvalue weighted by Gasteiger charge is -2.20. The van der Waals surface area contributed by atoms with Gasteiger partial charge in [-0.25, -0.2) is 0 Å². The zero-order valence-electron chi connectivity index (χ0n) is 23.5. The van der Waals surface area contributed by atoms with Gasteiger partial charge in [0.15, 0.2) is 0 Å². The first-order valence-electron chi connectivity index (χ1n) is 15.3. The summed E-state index contributed by atoms with van der Waals surface area (Å²) < 4.78 is 12.4. The molecule has 0 aromatic heterocycles. The molecule has 0 aliphatic carbocycles. The van der Waals surface area contributed by atoms with E-state index in [4.69, 9.17) is 9.47 Å². The lowest BCUT2D eigenvalue weighted by atomic mass is 10.1. The minimum absolute atomic E-state index is 0.271. The first-order chi connectivity index (χ1) is 16.8. The fraction of sp³-hybridized carbons (Fsp3) is 0.935. The molecule has 0 bridgehead atoms. The van der Waals surface area contributed by atoms with Gasteiger partial charge in [0.25, 0.3) is 0 Å². The summed E-state index contributed by atoms with van der Waals surface area (Å²) >= 11 is 0. The van der Waals surface area contributed by atoms with Crippen LogP contribution in [0, 0.1) is 0 Å². The molecule has 202 valence electrons. The van der Waals surface area contributed by atoms with Crippen molar-refractivity contribution < 1.29 is 9.47 Å². The Kier molecular flexibility index (Phi) is 22.6. The molecular formula is C31H61NO2. The number of rotatable bonds is 25. The fourth-order valence-electron chi connectivity index (χ4n) is 4.95. The molecule has 0 amide bonds. The topological polar surface area (TPSA) is 21.7 Å². The molecule has 1 heterocycles. The van der Waals surface area contributed by atoms with Crippen LogP contribution in [0.25, 0.3) is 0 Å². The van der Waals surface area contributed by atoms with Gasteiger partial charge in [-0.1, -0.05) is 116 Å². The van der Waals surface area contributed by atoms with Crippen molar-refractivity contribution in [3.8, 4) is 0 Å². The van der Waals surface area contributed by atoms with Crippen LogP contribution >= 0.6 is 0 Å². The Hall–Kier alpha value is -0.380. The van der Waals surface area contributed by atoms with Gasteiger partial charge in [0.05, 0.1) is 12.2 Å². The number of hydrogen-bond acceptors (Lipinski definition) is 3. The molecule has 34 heavy (non-hydrogen) atoms. The second-order valence-corrected chi connectivity index (χ2v) is 10.7. The second-order valence-electron chi connectivity index (χ2n) is 10.7. The van der Waals surface area contributed by atoms with Gasteiger partial charge in [0.1, 0.15) is 0 Å². The molecule has 2 atom stereocenters. The Morgan fingerprint density at radius 2 is 0.882 bits per heavy atom. The van der Waals surface area contributed by atoms with E-state index in [9.17, 15) is 0 Å². The molecular weight excluding hydrogens is 418 g/mol. The van der Waals surface area contributed by atoms with Crippen molar-refractivity contribution in [3.05, 3.63) is 12.2 Å². The van der Waals surface area contributed by atoms with E-state index >= 15 is 0 Å². The summed E-state index contributed by atoms with van der Waals surface area (Å²) in [5.41, 5.74) is 0. The van der Waals surface area contributed by atoms with Crippen molar-refractivity contribution in [1.82, 2.24) is 4.90 Å². The molecule has 1 rings (SSSR count). The summed E-state index contributed by atoms with van der Waals surface area (Å²) in [7, 11) is 2.19. The average molecular weight is 480 g/mol. The van der Waals surface area contributed by atoms with Gasteiger partial charge >= 0.3 is 0 Å². The maximum atomic E-state index is 6.24. The van der Waals surface area contributed by atoms with E-state index in [1.54, 1.807) is 0 Å². The lowest BCUT2D eigenvalue weighted by Crippen LogP contribution is -2.30. The van der Waals surface area contributed by atoms with Gasteiger partial charge in [-0.2, -0.15) is 0 Å². The normalized spacial score (nSPS) is 19.0. The number of hydrogen-bond donors (Lipinski definition) is 0. The third kappa shape index (κ3) is 18.9. The highest BCUT2D eigenvalue weighted by Gasteiger charge is 2.32. The van der Waals surface area contributed by atoms with Crippen LogP contribution < -0.4 is 0 Å². The molecule has 3 nitrogen and oxygen atoms in total. The molecule has 0 N–H and O–H groups in total. The lowest BCUT2D eigenvalue weighted by molar-refractivity contribution is -0.0481. The van der Waals surface area contributed by atoms with E-state index in [0.717, 1.165) is 26.3 Å². The Bertz CT molecular complexity index is 439. The Morgan fingerprint density at radius 1 is 0.529 bits per heavy atom. The van der Waals surface area contributed by atoms with Gasteiger partial charge in [-0.05, 0) is 45.6 Å². The van der Waals surface area contributed by atoms with Crippen molar-refractivity contribution >= 4 is 0 Å². The summed E-state index contributed by atoms with van der Waals surface area (Å²) in [6.07, 6.45) is 32.3. The first kappa shape index (κ1) is 31.6. The van der Waals surface area contributed by atoms with Gasteiger partial charge in [-0.3, -0.25) is 0 Å². The monoisotopic (exact) mass is 479 g/mol. The number of nitrogens with zero attached hydrogens (tertiary/aromatic N) is 1. The minimum Gasteiger partial charge on any atom is -0.374 e. The van der Waals surface area contributed by atoms with Crippen molar-refractivity contribution in [2.45, 2.75) is 154 Å². The summed E-state index contributed by atoms with van der Waals surface area (Å²) in [6, 6.07) is 0. The second kappa shape index (κ2) is 24.3. The zero-order chi connectivity index (χ0) is 24.5. The van der Waals surface area contributed by atoms with Crippen LogP contribution in [0.15, 0.2) is 12.2 Å². The maximum absolute atomic E-state index is 6.24. The maximum Gasteiger partial charge on any atom is 0.0975 e. The van der Waals surface area contributed by atoms with Gasteiger partial charge in [-0.15, -0.1) is 0 Å². The van der Waals surface area contributed by atoms with Crippen molar-refractivity contribution in [3.63, 3.8) is 0 Å². The van der Waals surface area contributed by atoms with Crippen molar-refractivity contribution in [2.75, 3.05) is 33.4 Å². The smallest absolute Gasteiger partial charge is 0.0975 e. The quantitative estimate of drug-likeness (QED) is 0.0962. The molecule has 0 spiro atoms. The fourth-order valence-corrected chi connectivity index (χ4v) is 4.95. The Morgan fingerprint density at radius 3 is 1.29 bits per heavy atom. The molecule has 0 aromatic carbocycles. The number of allylic oxidation sites excluding steroid dienone is 2. The van der Waals surface area contributed by atoms with E-state index in [-0.39, 0.29) is 12.2 Å². The van der Waals surface area contributed by atoms with E-state index in [1.165, 1.54) is 128 Å². The predicted octanol–water partition coefficient (Wildman–Crippen LogP) is 9.10. The number of ether oxygens (including phenoxy) is 2. The average Bonchev–Trinajstić information content (AvgIpc) is 3.19. The van der Waals surface area contributed by atoms with Crippen LogP contribution in [-0.4, -0.2) is 50.5 Å². The summed E-state index contributed by atoms with van der Waals surface area (Å²) in [4.78, 5) is 2.36. The van der Waals surface area contributed by atoms with E-state index < -0.39 is 0 Å². The summed E-state index contributed by atoms with van der Waals surface area (Å²) in [5, 5.41) is 0. The van der Waals surface area contributed by atoms with Gasteiger partial charge < -0.3 is 14.4 Å².